The van der Waals surface area contributed by atoms with Gasteiger partial charge in [0.1, 0.15) is 17.4 Å². The van der Waals surface area contributed by atoms with Crippen molar-refractivity contribution in [2.45, 2.75) is 69.2 Å². The van der Waals surface area contributed by atoms with Crippen molar-refractivity contribution in [3.05, 3.63) is 71.8 Å². The molecule has 3 amide bonds. The predicted octanol–water partition coefficient (Wildman–Crippen LogP) is 3.78. The molecule has 1 saturated carbocycles. The molecule has 0 radical (unpaired) electrons. The summed E-state index contributed by atoms with van der Waals surface area (Å²) in [5, 5.41) is 6.20. The number of methoxy groups -OCH3 is 1. The normalized spacial score (nSPS) is 28.9. The molecule has 3 fully saturated rings. The van der Waals surface area contributed by atoms with Gasteiger partial charge in [-0.3, -0.25) is 14.4 Å². The molecule has 0 aromatic heterocycles. The zero-order valence-electron chi connectivity index (χ0n) is 23.1. The van der Waals surface area contributed by atoms with Gasteiger partial charge in [-0.1, -0.05) is 67.3 Å². The van der Waals surface area contributed by atoms with E-state index >= 15 is 0 Å². The highest BCUT2D eigenvalue weighted by Crippen LogP contribution is 2.55. The zero-order chi connectivity index (χ0) is 27.9. The Bertz CT molecular complexity index is 1320. The maximum absolute atomic E-state index is 14.2. The Balaban J connectivity index is 1.28. The highest BCUT2D eigenvalue weighted by Gasteiger charge is 2.72. The lowest BCUT2D eigenvalue weighted by Gasteiger charge is -2.34. The second-order valence-corrected chi connectivity index (χ2v) is 11.5. The van der Waals surface area contributed by atoms with Crippen molar-refractivity contribution < 1.29 is 23.9 Å². The van der Waals surface area contributed by atoms with Gasteiger partial charge in [-0.15, -0.1) is 0 Å². The van der Waals surface area contributed by atoms with E-state index < -0.39 is 29.6 Å². The average Bonchev–Trinajstić information content (AvgIpc) is 3.60. The van der Waals surface area contributed by atoms with Crippen molar-refractivity contribution in [3.8, 4) is 5.75 Å². The number of likely N-dealkylation sites (tertiary alicyclic amines) is 1. The van der Waals surface area contributed by atoms with Gasteiger partial charge in [0.05, 0.1) is 25.0 Å². The standard InChI is InChI=1S/C32H37N3O5/c1-20-11-13-21(14-12-20)16-18-35-28(30(37)33-22-7-4-3-5-8-22)32-17-15-25(40-32)26(27(32)31(35)38)29(36)34-23-9-6-10-24(19-23)39-2/h6,9-15,17,19,22,25-28H,3-5,7-8,16,18H2,1-2H3,(H,33,37)(H,34,36)/t25-,26+,27-,28-,32-/m0/s1. The monoisotopic (exact) mass is 543 g/mol. The Hall–Kier alpha value is -3.65. The lowest BCUT2D eigenvalue weighted by molar-refractivity contribution is -0.141. The minimum Gasteiger partial charge on any atom is -0.497 e. The van der Waals surface area contributed by atoms with Crippen LogP contribution in [0, 0.1) is 18.8 Å². The summed E-state index contributed by atoms with van der Waals surface area (Å²) in [6.45, 7) is 2.41. The number of nitrogens with zero attached hydrogens (tertiary/aromatic N) is 1. The molecular formula is C32H37N3O5. The third-order valence-electron chi connectivity index (χ3n) is 8.98. The Morgan fingerprint density at radius 3 is 2.60 bits per heavy atom. The summed E-state index contributed by atoms with van der Waals surface area (Å²) >= 11 is 0. The summed E-state index contributed by atoms with van der Waals surface area (Å²) in [6, 6.07) is 14.6. The minimum absolute atomic E-state index is 0.0977. The van der Waals surface area contributed by atoms with Gasteiger partial charge in [0.2, 0.25) is 17.7 Å². The second-order valence-electron chi connectivity index (χ2n) is 11.5. The molecule has 2 bridgehead atoms. The number of hydrogen-bond donors (Lipinski definition) is 2. The van der Waals surface area contributed by atoms with Crippen LogP contribution in [0.25, 0.3) is 0 Å². The van der Waals surface area contributed by atoms with E-state index in [1.807, 2.05) is 31.2 Å². The van der Waals surface area contributed by atoms with E-state index in [9.17, 15) is 14.4 Å². The molecule has 5 atom stereocenters. The third-order valence-corrected chi connectivity index (χ3v) is 8.98. The van der Waals surface area contributed by atoms with Crippen molar-refractivity contribution >= 4 is 23.4 Å². The Kier molecular flexibility index (Phi) is 7.13. The number of rotatable bonds is 8. The van der Waals surface area contributed by atoms with Crippen LogP contribution in [0.5, 0.6) is 5.75 Å². The second kappa shape index (κ2) is 10.7. The molecule has 2 aromatic carbocycles. The van der Waals surface area contributed by atoms with Crippen molar-refractivity contribution in [1.29, 1.82) is 0 Å². The quantitative estimate of drug-likeness (QED) is 0.494. The van der Waals surface area contributed by atoms with E-state index in [0.717, 1.165) is 31.2 Å². The first-order chi connectivity index (χ1) is 19.4. The molecule has 3 aliphatic heterocycles. The number of amides is 3. The van der Waals surface area contributed by atoms with E-state index in [-0.39, 0.29) is 23.8 Å². The van der Waals surface area contributed by atoms with E-state index in [1.54, 1.807) is 36.3 Å². The largest absolute Gasteiger partial charge is 0.497 e. The summed E-state index contributed by atoms with van der Waals surface area (Å²) in [5.41, 5.74) is 1.68. The molecule has 210 valence electrons. The van der Waals surface area contributed by atoms with Crippen LogP contribution in [0.4, 0.5) is 5.69 Å². The van der Waals surface area contributed by atoms with E-state index in [0.29, 0.717) is 24.4 Å². The summed E-state index contributed by atoms with van der Waals surface area (Å²) in [7, 11) is 1.57. The number of carbonyl (C=O) groups is 3. The molecule has 40 heavy (non-hydrogen) atoms. The zero-order valence-corrected chi connectivity index (χ0v) is 23.1. The first kappa shape index (κ1) is 26.6. The van der Waals surface area contributed by atoms with Gasteiger partial charge >= 0.3 is 0 Å². The number of benzene rings is 2. The summed E-state index contributed by atoms with van der Waals surface area (Å²) < 4.78 is 11.8. The van der Waals surface area contributed by atoms with Crippen molar-refractivity contribution in [2.24, 2.45) is 11.8 Å². The Morgan fingerprint density at radius 2 is 1.85 bits per heavy atom. The summed E-state index contributed by atoms with van der Waals surface area (Å²) in [5.74, 6) is -1.57. The minimum atomic E-state index is -1.16. The van der Waals surface area contributed by atoms with Gasteiger partial charge in [0, 0.05) is 24.3 Å². The molecule has 2 aromatic rings. The fourth-order valence-corrected chi connectivity index (χ4v) is 6.97. The number of ether oxygens (including phenoxy) is 2. The molecule has 4 aliphatic rings. The SMILES string of the molecule is COc1cccc(NC(=O)[C@@H]2[C@@H]3C=C[C@]4(O3)[C@@H]2C(=O)N(CCc2ccc(C)cc2)[C@H]4C(=O)NC2CCCCC2)c1. The Labute approximate surface area is 235 Å². The maximum atomic E-state index is 14.2. The fraction of sp³-hybridized carbons (Fsp3) is 0.469. The molecule has 3 heterocycles. The van der Waals surface area contributed by atoms with Crippen molar-refractivity contribution in [3.63, 3.8) is 0 Å². The molecule has 2 saturated heterocycles. The first-order valence-electron chi connectivity index (χ1n) is 14.4. The molecule has 8 heteroatoms. The van der Waals surface area contributed by atoms with Crippen molar-refractivity contribution in [1.82, 2.24) is 10.2 Å². The topological polar surface area (TPSA) is 97.0 Å². The van der Waals surface area contributed by atoms with Crippen LogP contribution in [0.3, 0.4) is 0 Å². The van der Waals surface area contributed by atoms with Crippen molar-refractivity contribution in [2.75, 3.05) is 19.0 Å². The van der Waals surface area contributed by atoms with Crippen LogP contribution in [0.1, 0.15) is 43.2 Å². The molecule has 2 N–H and O–H groups in total. The fourth-order valence-electron chi connectivity index (χ4n) is 6.97. The third kappa shape index (κ3) is 4.68. The average molecular weight is 544 g/mol. The Morgan fingerprint density at radius 1 is 1.07 bits per heavy atom. The maximum Gasteiger partial charge on any atom is 0.246 e. The number of hydrogen-bond acceptors (Lipinski definition) is 5. The molecule has 1 spiro atoms. The van der Waals surface area contributed by atoms with Gasteiger partial charge in [-0.2, -0.15) is 0 Å². The summed E-state index contributed by atoms with van der Waals surface area (Å²) in [6.07, 6.45) is 9.00. The molecule has 1 aliphatic carbocycles. The van der Waals surface area contributed by atoms with Crippen LogP contribution in [-0.2, 0) is 25.5 Å². The van der Waals surface area contributed by atoms with Gasteiger partial charge in [-0.25, -0.2) is 0 Å². The van der Waals surface area contributed by atoms with Crippen LogP contribution in [-0.4, -0.2) is 60.1 Å². The lowest BCUT2D eigenvalue weighted by atomic mass is 9.74. The van der Waals surface area contributed by atoms with Crippen LogP contribution >= 0.6 is 0 Å². The molecule has 0 unspecified atom stereocenters. The van der Waals surface area contributed by atoms with Gasteiger partial charge in [-0.05, 0) is 43.9 Å². The summed E-state index contributed by atoms with van der Waals surface area (Å²) in [4.78, 5) is 43.4. The van der Waals surface area contributed by atoms with Crippen LogP contribution in [0.15, 0.2) is 60.7 Å². The van der Waals surface area contributed by atoms with Gasteiger partial charge in [0.25, 0.3) is 0 Å². The first-order valence-corrected chi connectivity index (χ1v) is 14.4. The van der Waals surface area contributed by atoms with Crippen LogP contribution in [0.2, 0.25) is 0 Å². The number of carbonyl (C=O) groups excluding carboxylic acids is 3. The van der Waals surface area contributed by atoms with Gasteiger partial charge in [0.15, 0.2) is 0 Å². The van der Waals surface area contributed by atoms with Gasteiger partial charge < -0.3 is 25.0 Å². The smallest absolute Gasteiger partial charge is 0.246 e. The highest BCUT2D eigenvalue weighted by atomic mass is 16.5. The van der Waals surface area contributed by atoms with E-state index in [1.165, 1.54) is 12.0 Å². The predicted molar refractivity (Wildman–Crippen MR) is 151 cm³/mol. The van der Waals surface area contributed by atoms with E-state index in [2.05, 4.69) is 22.8 Å². The molecule has 8 nitrogen and oxygen atoms in total. The van der Waals surface area contributed by atoms with E-state index in [4.69, 9.17) is 9.47 Å². The number of nitrogens with one attached hydrogen (secondary N) is 2. The lowest BCUT2D eigenvalue weighted by Crippen LogP contribution is -2.56. The number of fused-ring (bicyclic) bond motifs is 1. The number of anilines is 1. The molecule has 6 rings (SSSR count). The number of aryl methyl sites for hydroxylation is 1. The molecular weight excluding hydrogens is 506 g/mol. The highest BCUT2D eigenvalue weighted by molar-refractivity contribution is 6.02. The van der Waals surface area contributed by atoms with Crippen LogP contribution < -0.4 is 15.4 Å².